The number of imidazole rings is 1. The van der Waals surface area contributed by atoms with E-state index >= 15 is 0 Å². The van der Waals surface area contributed by atoms with Crippen molar-refractivity contribution < 1.29 is 0 Å². The first-order valence-corrected chi connectivity index (χ1v) is 7.39. The number of aryl methyl sites for hydroxylation is 2. The number of nitrogens with zero attached hydrogens (tertiary/aromatic N) is 2. The maximum Gasteiger partial charge on any atom is 0.207 e. The lowest BCUT2D eigenvalue weighted by atomic mass is 10.2. The Balaban J connectivity index is 2.32. The van der Waals surface area contributed by atoms with Crippen molar-refractivity contribution in [3.8, 4) is 0 Å². The average molecular weight is 312 g/mol. The number of aromatic nitrogens is 2. The fourth-order valence-corrected chi connectivity index (χ4v) is 2.47. The molecule has 0 spiro atoms. The Kier molecular flexibility index (Phi) is 4.61. The lowest BCUT2D eigenvalue weighted by molar-refractivity contribution is 0.527. The zero-order chi connectivity index (χ0) is 14.9. The molecule has 0 fully saturated rings. The Morgan fingerprint density at radius 2 is 1.90 bits per heavy atom. The molecule has 0 saturated heterocycles. The SMILES string of the molecule is Cc1cn(CC(C)C)c(Nc2cc(Cl)c(C)cc2Cl)n1. The maximum absolute atomic E-state index is 6.26. The Hall–Kier alpha value is -1.19. The summed E-state index contributed by atoms with van der Waals surface area (Å²) in [6.45, 7) is 9.16. The van der Waals surface area contributed by atoms with Crippen molar-refractivity contribution in [2.45, 2.75) is 34.2 Å². The second-order valence-electron chi connectivity index (χ2n) is 5.46. The van der Waals surface area contributed by atoms with E-state index in [1.54, 1.807) is 0 Å². The first kappa shape index (κ1) is 15.2. The summed E-state index contributed by atoms with van der Waals surface area (Å²) in [7, 11) is 0. The van der Waals surface area contributed by atoms with Gasteiger partial charge in [-0.2, -0.15) is 0 Å². The van der Waals surface area contributed by atoms with Gasteiger partial charge in [0.15, 0.2) is 0 Å². The summed E-state index contributed by atoms with van der Waals surface area (Å²) in [4.78, 5) is 4.50. The van der Waals surface area contributed by atoms with Crippen LogP contribution in [0.2, 0.25) is 10.0 Å². The van der Waals surface area contributed by atoms with Crippen LogP contribution in [0, 0.1) is 19.8 Å². The Bertz CT molecular complexity index is 618. The number of halogens is 2. The molecular formula is C15H19Cl2N3. The van der Waals surface area contributed by atoms with Gasteiger partial charge in [-0.25, -0.2) is 4.98 Å². The van der Waals surface area contributed by atoms with Crippen LogP contribution >= 0.6 is 23.2 Å². The minimum absolute atomic E-state index is 0.543. The number of anilines is 2. The molecule has 0 saturated carbocycles. The maximum atomic E-state index is 6.26. The molecule has 2 rings (SSSR count). The summed E-state index contributed by atoms with van der Waals surface area (Å²) in [5, 5.41) is 4.60. The lowest BCUT2D eigenvalue weighted by Gasteiger charge is -2.13. The predicted octanol–water partition coefficient (Wildman–Crippen LogP) is 5.21. The highest BCUT2D eigenvalue weighted by Crippen LogP contribution is 2.31. The molecule has 0 aliphatic rings. The molecule has 0 unspecified atom stereocenters. The largest absolute Gasteiger partial charge is 0.324 e. The van der Waals surface area contributed by atoms with E-state index in [-0.39, 0.29) is 0 Å². The number of rotatable bonds is 4. The second kappa shape index (κ2) is 6.06. The van der Waals surface area contributed by atoms with Crippen LogP contribution in [0.15, 0.2) is 18.3 Å². The van der Waals surface area contributed by atoms with Crippen LogP contribution in [0.25, 0.3) is 0 Å². The Morgan fingerprint density at radius 3 is 2.55 bits per heavy atom. The summed E-state index contributed by atoms with van der Waals surface area (Å²) in [5.41, 5.74) is 2.71. The third kappa shape index (κ3) is 3.47. The van der Waals surface area contributed by atoms with Gasteiger partial charge in [0.2, 0.25) is 5.95 Å². The van der Waals surface area contributed by atoms with E-state index in [0.29, 0.717) is 16.0 Å². The normalized spacial score (nSPS) is 11.2. The van der Waals surface area contributed by atoms with Crippen molar-refractivity contribution in [3.63, 3.8) is 0 Å². The van der Waals surface area contributed by atoms with Crippen molar-refractivity contribution in [2.75, 3.05) is 5.32 Å². The monoisotopic (exact) mass is 311 g/mol. The van der Waals surface area contributed by atoms with Gasteiger partial charge in [0.05, 0.1) is 16.4 Å². The molecule has 0 amide bonds. The quantitative estimate of drug-likeness (QED) is 0.840. The Labute approximate surface area is 129 Å². The minimum Gasteiger partial charge on any atom is -0.324 e. The van der Waals surface area contributed by atoms with Crippen LogP contribution in [0.4, 0.5) is 11.6 Å². The highest BCUT2D eigenvalue weighted by Gasteiger charge is 2.10. The number of nitrogens with one attached hydrogen (secondary N) is 1. The van der Waals surface area contributed by atoms with E-state index in [9.17, 15) is 0 Å². The van der Waals surface area contributed by atoms with Gasteiger partial charge < -0.3 is 9.88 Å². The molecule has 1 N–H and O–H groups in total. The smallest absolute Gasteiger partial charge is 0.207 e. The second-order valence-corrected chi connectivity index (χ2v) is 6.27. The number of hydrogen-bond acceptors (Lipinski definition) is 2. The van der Waals surface area contributed by atoms with Gasteiger partial charge in [-0.05, 0) is 37.5 Å². The molecule has 3 nitrogen and oxygen atoms in total. The fourth-order valence-electron chi connectivity index (χ4n) is 2.04. The summed E-state index contributed by atoms with van der Waals surface area (Å²) < 4.78 is 2.10. The van der Waals surface area contributed by atoms with Crippen molar-refractivity contribution in [2.24, 2.45) is 5.92 Å². The van der Waals surface area contributed by atoms with Gasteiger partial charge in [0.1, 0.15) is 0 Å². The van der Waals surface area contributed by atoms with Crippen LogP contribution in [0.5, 0.6) is 0 Å². The molecule has 108 valence electrons. The fraction of sp³-hybridized carbons (Fsp3) is 0.400. The van der Waals surface area contributed by atoms with Crippen molar-refractivity contribution in [3.05, 3.63) is 39.6 Å². The van der Waals surface area contributed by atoms with Crippen molar-refractivity contribution in [1.29, 1.82) is 0 Å². The highest BCUT2D eigenvalue weighted by atomic mass is 35.5. The van der Waals surface area contributed by atoms with Gasteiger partial charge in [-0.15, -0.1) is 0 Å². The summed E-state index contributed by atoms with van der Waals surface area (Å²) >= 11 is 12.4. The van der Waals surface area contributed by atoms with Crippen molar-refractivity contribution in [1.82, 2.24) is 9.55 Å². The Morgan fingerprint density at radius 1 is 1.20 bits per heavy atom. The standard InChI is InChI=1S/C15H19Cl2N3/c1-9(2)7-20-8-11(4)18-15(20)19-14-6-12(16)10(3)5-13(14)17/h5-6,8-9H,7H2,1-4H3,(H,18,19). The summed E-state index contributed by atoms with van der Waals surface area (Å²) in [6, 6.07) is 3.69. The first-order chi connectivity index (χ1) is 9.36. The van der Waals surface area contributed by atoms with E-state index in [1.807, 2.05) is 32.2 Å². The van der Waals surface area contributed by atoms with Crippen LogP contribution in [-0.2, 0) is 6.54 Å². The van der Waals surface area contributed by atoms with Gasteiger partial charge >= 0.3 is 0 Å². The third-order valence-corrected chi connectivity index (χ3v) is 3.67. The van der Waals surface area contributed by atoms with E-state index in [2.05, 4.69) is 28.7 Å². The zero-order valence-corrected chi connectivity index (χ0v) is 13.7. The van der Waals surface area contributed by atoms with E-state index in [4.69, 9.17) is 23.2 Å². The first-order valence-electron chi connectivity index (χ1n) is 6.63. The van der Waals surface area contributed by atoms with Crippen molar-refractivity contribution >= 4 is 34.8 Å². The molecule has 0 bridgehead atoms. The molecular weight excluding hydrogens is 293 g/mol. The molecule has 0 radical (unpaired) electrons. The molecule has 0 atom stereocenters. The molecule has 1 heterocycles. The molecule has 1 aromatic carbocycles. The van der Waals surface area contributed by atoms with Gasteiger partial charge in [-0.1, -0.05) is 37.0 Å². The molecule has 0 aliphatic carbocycles. The number of benzene rings is 1. The number of hydrogen-bond donors (Lipinski definition) is 1. The van der Waals surface area contributed by atoms with E-state index in [0.717, 1.165) is 29.4 Å². The topological polar surface area (TPSA) is 29.9 Å². The van der Waals surface area contributed by atoms with Crippen LogP contribution in [-0.4, -0.2) is 9.55 Å². The van der Waals surface area contributed by atoms with E-state index in [1.165, 1.54) is 0 Å². The molecule has 2 aromatic rings. The third-order valence-electron chi connectivity index (χ3n) is 2.95. The average Bonchev–Trinajstić information content (AvgIpc) is 2.65. The molecule has 1 aromatic heterocycles. The van der Waals surface area contributed by atoms with Gasteiger partial charge in [-0.3, -0.25) is 0 Å². The van der Waals surface area contributed by atoms with Crippen LogP contribution < -0.4 is 5.32 Å². The zero-order valence-electron chi connectivity index (χ0n) is 12.2. The molecule has 5 heteroatoms. The summed E-state index contributed by atoms with van der Waals surface area (Å²) in [6.07, 6.45) is 2.03. The minimum atomic E-state index is 0.543. The van der Waals surface area contributed by atoms with Crippen LogP contribution in [0.3, 0.4) is 0 Å². The molecule has 20 heavy (non-hydrogen) atoms. The highest BCUT2D eigenvalue weighted by molar-refractivity contribution is 6.35. The van der Waals surface area contributed by atoms with E-state index < -0.39 is 0 Å². The predicted molar refractivity (Wildman–Crippen MR) is 86.3 cm³/mol. The molecule has 0 aliphatic heterocycles. The summed E-state index contributed by atoms with van der Waals surface area (Å²) in [5.74, 6) is 1.33. The van der Waals surface area contributed by atoms with Gasteiger partial charge in [0, 0.05) is 17.8 Å². The van der Waals surface area contributed by atoms with Crippen LogP contribution in [0.1, 0.15) is 25.1 Å². The lowest BCUT2D eigenvalue weighted by Crippen LogP contribution is -2.07. The van der Waals surface area contributed by atoms with Gasteiger partial charge in [0.25, 0.3) is 0 Å².